The number of H-pyrrole nitrogens is 2. The molecule has 3 N–H and O–H groups in total. The Bertz CT molecular complexity index is 1070. The Balaban J connectivity index is 1.94. The van der Waals surface area contributed by atoms with Crippen LogP contribution < -0.4 is 21.2 Å². The lowest BCUT2D eigenvalue weighted by molar-refractivity contribution is 0.102. The third-order valence-electron chi connectivity index (χ3n) is 3.48. The van der Waals surface area contributed by atoms with Crippen molar-refractivity contribution in [1.29, 1.82) is 0 Å². The molecule has 0 saturated heterocycles. The van der Waals surface area contributed by atoms with E-state index >= 15 is 0 Å². The molecule has 2 aromatic carbocycles. The standard InChI is InChI=1S/C17H14ClN3O4/c1-2-25-14-8-10(18)4-6-12(14)20-15(22)9-3-5-11-13(7-9)21-17(24)16(23)19-11/h3-8H,2H2,1H3,(H,19,23)(H,20,22)(H,21,24). The molecule has 0 aliphatic heterocycles. The van der Waals surface area contributed by atoms with Crippen LogP contribution in [0.15, 0.2) is 46.0 Å². The van der Waals surface area contributed by atoms with E-state index in [2.05, 4.69) is 15.3 Å². The molecule has 128 valence electrons. The SMILES string of the molecule is CCOc1cc(Cl)ccc1NC(=O)c1ccc2[nH]c(=O)c(=O)[nH]c2c1. The molecule has 0 aliphatic rings. The van der Waals surface area contributed by atoms with Gasteiger partial charge in [-0.05, 0) is 37.3 Å². The van der Waals surface area contributed by atoms with Gasteiger partial charge >= 0.3 is 11.1 Å². The molecule has 0 bridgehead atoms. The summed E-state index contributed by atoms with van der Waals surface area (Å²) < 4.78 is 5.47. The zero-order valence-corrected chi connectivity index (χ0v) is 13.9. The van der Waals surface area contributed by atoms with Crippen LogP contribution in [0.1, 0.15) is 17.3 Å². The monoisotopic (exact) mass is 359 g/mol. The predicted molar refractivity (Wildman–Crippen MR) is 95.8 cm³/mol. The third-order valence-corrected chi connectivity index (χ3v) is 3.71. The van der Waals surface area contributed by atoms with Gasteiger partial charge in [-0.1, -0.05) is 11.6 Å². The molecule has 1 aromatic heterocycles. The van der Waals surface area contributed by atoms with Crippen LogP contribution in [-0.2, 0) is 0 Å². The number of hydrogen-bond acceptors (Lipinski definition) is 4. The van der Waals surface area contributed by atoms with Gasteiger partial charge in [0.05, 0.1) is 23.3 Å². The highest BCUT2D eigenvalue weighted by atomic mass is 35.5. The molecule has 1 amide bonds. The summed E-state index contributed by atoms with van der Waals surface area (Å²) >= 11 is 5.94. The van der Waals surface area contributed by atoms with Crippen molar-refractivity contribution >= 4 is 34.2 Å². The molecule has 0 saturated carbocycles. The van der Waals surface area contributed by atoms with Gasteiger partial charge in [-0.15, -0.1) is 0 Å². The maximum Gasteiger partial charge on any atom is 0.314 e. The van der Waals surface area contributed by atoms with Crippen molar-refractivity contribution in [2.75, 3.05) is 11.9 Å². The number of fused-ring (bicyclic) bond motifs is 1. The number of benzene rings is 2. The molecule has 0 unspecified atom stereocenters. The predicted octanol–water partition coefficient (Wildman–Crippen LogP) is 2.52. The molecule has 0 atom stereocenters. The molecule has 7 nitrogen and oxygen atoms in total. The molecule has 3 rings (SSSR count). The minimum absolute atomic E-state index is 0.313. The third kappa shape index (κ3) is 3.56. The van der Waals surface area contributed by atoms with E-state index in [0.717, 1.165) is 0 Å². The van der Waals surface area contributed by atoms with Crippen molar-refractivity contribution in [3.8, 4) is 5.75 Å². The van der Waals surface area contributed by atoms with Gasteiger partial charge in [0.2, 0.25) is 0 Å². The first kappa shape index (κ1) is 16.8. The fourth-order valence-corrected chi connectivity index (χ4v) is 2.49. The molecule has 0 aliphatic carbocycles. The Labute approximate surface area is 146 Å². The zero-order valence-electron chi connectivity index (χ0n) is 13.2. The van der Waals surface area contributed by atoms with Crippen LogP contribution >= 0.6 is 11.6 Å². The molecular formula is C17H14ClN3O4. The molecule has 1 heterocycles. The first-order valence-electron chi connectivity index (χ1n) is 7.48. The largest absolute Gasteiger partial charge is 0.492 e. The van der Waals surface area contributed by atoms with Gasteiger partial charge < -0.3 is 20.0 Å². The topological polar surface area (TPSA) is 104 Å². The van der Waals surface area contributed by atoms with Crippen LogP contribution in [0.3, 0.4) is 0 Å². The maximum atomic E-state index is 12.5. The lowest BCUT2D eigenvalue weighted by Gasteiger charge is -2.12. The highest BCUT2D eigenvalue weighted by molar-refractivity contribution is 6.30. The van der Waals surface area contributed by atoms with Gasteiger partial charge in [0, 0.05) is 16.7 Å². The number of aromatic amines is 2. The van der Waals surface area contributed by atoms with Crippen LogP contribution in [0.25, 0.3) is 11.0 Å². The van der Waals surface area contributed by atoms with Crippen molar-refractivity contribution in [2.45, 2.75) is 6.92 Å². The lowest BCUT2D eigenvalue weighted by atomic mass is 10.1. The Morgan fingerprint density at radius 2 is 1.80 bits per heavy atom. The van der Waals surface area contributed by atoms with Crippen molar-refractivity contribution in [2.24, 2.45) is 0 Å². The fraction of sp³-hybridized carbons (Fsp3) is 0.118. The second-order valence-corrected chi connectivity index (χ2v) is 5.63. The van der Waals surface area contributed by atoms with Gasteiger partial charge in [0.1, 0.15) is 5.75 Å². The highest BCUT2D eigenvalue weighted by Crippen LogP contribution is 2.28. The number of anilines is 1. The summed E-state index contributed by atoms with van der Waals surface area (Å²) in [5.41, 5.74) is 0.0635. The minimum Gasteiger partial charge on any atom is -0.492 e. The zero-order chi connectivity index (χ0) is 18.0. The Morgan fingerprint density at radius 3 is 2.52 bits per heavy atom. The molecule has 0 radical (unpaired) electrons. The minimum atomic E-state index is -0.776. The van der Waals surface area contributed by atoms with E-state index in [-0.39, 0.29) is 0 Å². The van der Waals surface area contributed by atoms with Crippen LogP contribution in [0, 0.1) is 0 Å². The fourth-order valence-electron chi connectivity index (χ4n) is 2.32. The van der Waals surface area contributed by atoms with E-state index in [1.807, 2.05) is 6.92 Å². The van der Waals surface area contributed by atoms with E-state index in [1.165, 1.54) is 6.07 Å². The summed E-state index contributed by atoms with van der Waals surface area (Å²) in [5.74, 6) is 0.0686. The van der Waals surface area contributed by atoms with Gasteiger partial charge in [0.15, 0.2) is 0 Å². The first-order valence-corrected chi connectivity index (χ1v) is 7.86. The maximum absolute atomic E-state index is 12.5. The molecule has 3 aromatic rings. The summed E-state index contributed by atoms with van der Waals surface area (Å²) in [6.07, 6.45) is 0. The van der Waals surface area contributed by atoms with Gasteiger partial charge in [-0.25, -0.2) is 0 Å². The number of nitrogens with one attached hydrogen (secondary N) is 3. The van der Waals surface area contributed by atoms with Crippen LogP contribution in [0.2, 0.25) is 5.02 Å². The molecular weight excluding hydrogens is 346 g/mol. The summed E-state index contributed by atoms with van der Waals surface area (Å²) in [7, 11) is 0. The Kier molecular flexibility index (Phi) is 4.58. The summed E-state index contributed by atoms with van der Waals surface area (Å²) in [5, 5.41) is 3.24. The number of aromatic nitrogens is 2. The summed E-state index contributed by atoms with van der Waals surface area (Å²) in [6, 6.07) is 9.48. The van der Waals surface area contributed by atoms with Crippen LogP contribution in [0.5, 0.6) is 5.75 Å². The smallest absolute Gasteiger partial charge is 0.314 e. The number of halogens is 1. The summed E-state index contributed by atoms with van der Waals surface area (Å²) in [6.45, 7) is 2.25. The Morgan fingerprint density at radius 1 is 1.08 bits per heavy atom. The Hall–Kier alpha value is -3.06. The quantitative estimate of drug-likeness (QED) is 0.622. The molecule has 0 fully saturated rings. The number of amides is 1. The van der Waals surface area contributed by atoms with Gasteiger partial charge in [-0.2, -0.15) is 0 Å². The van der Waals surface area contributed by atoms with E-state index < -0.39 is 17.0 Å². The van der Waals surface area contributed by atoms with Gasteiger partial charge in [-0.3, -0.25) is 14.4 Å². The van der Waals surface area contributed by atoms with Crippen molar-refractivity contribution in [1.82, 2.24) is 9.97 Å². The second kappa shape index (κ2) is 6.82. The van der Waals surface area contributed by atoms with Gasteiger partial charge in [0.25, 0.3) is 5.91 Å². The number of carbonyl (C=O) groups excluding carboxylic acids is 1. The van der Waals surface area contributed by atoms with Crippen LogP contribution in [0.4, 0.5) is 5.69 Å². The lowest BCUT2D eigenvalue weighted by Crippen LogP contribution is -2.29. The van der Waals surface area contributed by atoms with E-state index in [9.17, 15) is 14.4 Å². The average molecular weight is 360 g/mol. The van der Waals surface area contributed by atoms with Crippen molar-refractivity contribution in [3.63, 3.8) is 0 Å². The van der Waals surface area contributed by atoms with E-state index in [1.54, 1.807) is 30.3 Å². The summed E-state index contributed by atoms with van der Waals surface area (Å²) in [4.78, 5) is 40.1. The van der Waals surface area contributed by atoms with Crippen LogP contribution in [-0.4, -0.2) is 22.5 Å². The first-order chi connectivity index (χ1) is 12.0. The number of ether oxygens (including phenoxy) is 1. The molecule has 8 heteroatoms. The molecule has 25 heavy (non-hydrogen) atoms. The average Bonchev–Trinajstić information content (AvgIpc) is 2.58. The molecule has 0 spiro atoms. The van der Waals surface area contributed by atoms with Crippen molar-refractivity contribution in [3.05, 3.63) is 67.7 Å². The number of carbonyl (C=O) groups is 1. The number of hydrogen-bond donors (Lipinski definition) is 3. The number of rotatable bonds is 4. The second-order valence-electron chi connectivity index (χ2n) is 5.20. The van der Waals surface area contributed by atoms with E-state index in [0.29, 0.717) is 39.7 Å². The van der Waals surface area contributed by atoms with E-state index in [4.69, 9.17) is 16.3 Å². The highest BCUT2D eigenvalue weighted by Gasteiger charge is 2.12. The van der Waals surface area contributed by atoms with Crippen molar-refractivity contribution < 1.29 is 9.53 Å². The normalized spacial score (nSPS) is 10.6.